The van der Waals surface area contributed by atoms with E-state index in [0.717, 1.165) is 29.5 Å². The highest BCUT2D eigenvalue weighted by atomic mass is 35.5. The lowest BCUT2D eigenvalue weighted by molar-refractivity contribution is -0.117. The third kappa shape index (κ3) is 5.51. The van der Waals surface area contributed by atoms with Crippen LogP contribution in [-0.4, -0.2) is 39.6 Å². The molecule has 6 nitrogen and oxygen atoms in total. The molecule has 130 valence electrons. The number of thioether (sulfide) groups is 1. The van der Waals surface area contributed by atoms with Gasteiger partial charge in [0.25, 0.3) is 0 Å². The van der Waals surface area contributed by atoms with Gasteiger partial charge in [-0.3, -0.25) is 4.79 Å². The maximum Gasteiger partial charge on any atom is 0.218 e. The molecule has 0 spiro atoms. The molecule has 2 N–H and O–H groups in total. The molecular weight excluding hydrogens is 348 g/mol. The van der Waals surface area contributed by atoms with E-state index in [1.54, 1.807) is 0 Å². The fourth-order valence-electron chi connectivity index (χ4n) is 2.12. The van der Waals surface area contributed by atoms with Crippen LogP contribution in [0, 0.1) is 0 Å². The van der Waals surface area contributed by atoms with Crippen molar-refractivity contribution in [2.24, 2.45) is 5.73 Å². The van der Waals surface area contributed by atoms with E-state index >= 15 is 0 Å². The number of hydrogen-bond acceptors (Lipinski definition) is 5. The second kappa shape index (κ2) is 9.66. The fourth-order valence-corrected chi connectivity index (χ4v) is 3.17. The number of nitrogens with zero attached hydrogens (tertiary/aromatic N) is 3. The number of nitrogens with two attached hydrogens (primary N) is 1. The van der Waals surface area contributed by atoms with Crippen molar-refractivity contribution in [3.63, 3.8) is 0 Å². The molecule has 0 fully saturated rings. The second-order valence-corrected chi connectivity index (χ2v) is 6.58. The van der Waals surface area contributed by atoms with E-state index < -0.39 is 0 Å². The van der Waals surface area contributed by atoms with Gasteiger partial charge in [-0.25, -0.2) is 0 Å². The Balaban J connectivity index is 2.16. The number of ether oxygens (including phenoxy) is 1. The SMILES string of the molecule is CCOCCCn1c(SCCC(N)=O)nnc1-c1ccc(Cl)cc1. The van der Waals surface area contributed by atoms with Crippen LogP contribution in [0.5, 0.6) is 0 Å². The molecule has 1 aromatic carbocycles. The molecule has 1 aromatic heterocycles. The van der Waals surface area contributed by atoms with Crippen LogP contribution in [0.3, 0.4) is 0 Å². The highest BCUT2D eigenvalue weighted by Gasteiger charge is 2.14. The molecular formula is C16H21ClN4O2S. The van der Waals surface area contributed by atoms with Gasteiger partial charge in [0.1, 0.15) is 0 Å². The van der Waals surface area contributed by atoms with Crippen LogP contribution in [0.25, 0.3) is 11.4 Å². The Morgan fingerprint density at radius 3 is 2.75 bits per heavy atom. The molecule has 0 aliphatic rings. The molecule has 0 bridgehead atoms. The number of hydrogen-bond donors (Lipinski definition) is 1. The summed E-state index contributed by atoms with van der Waals surface area (Å²) < 4.78 is 7.46. The van der Waals surface area contributed by atoms with E-state index in [9.17, 15) is 4.79 Å². The minimum atomic E-state index is -0.317. The zero-order valence-corrected chi connectivity index (χ0v) is 15.1. The normalized spacial score (nSPS) is 10.9. The summed E-state index contributed by atoms with van der Waals surface area (Å²) in [7, 11) is 0. The molecule has 2 rings (SSSR count). The Kier molecular flexibility index (Phi) is 7.55. The molecule has 0 radical (unpaired) electrons. The quantitative estimate of drug-likeness (QED) is 0.515. The number of carbonyl (C=O) groups excluding carboxylic acids is 1. The Morgan fingerprint density at radius 2 is 2.08 bits per heavy atom. The van der Waals surface area contributed by atoms with Gasteiger partial charge in [0.05, 0.1) is 0 Å². The van der Waals surface area contributed by atoms with Crippen molar-refractivity contribution in [2.45, 2.75) is 31.5 Å². The smallest absolute Gasteiger partial charge is 0.218 e. The molecule has 0 unspecified atom stereocenters. The minimum Gasteiger partial charge on any atom is -0.382 e. The van der Waals surface area contributed by atoms with Gasteiger partial charge in [0, 0.05) is 42.5 Å². The summed E-state index contributed by atoms with van der Waals surface area (Å²) in [6.07, 6.45) is 1.17. The van der Waals surface area contributed by atoms with Crippen molar-refractivity contribution in [2.75, 3.05) is 19.0 Å². The van der Waals surface area contributed by atoms with Crippen molar-refractivity contribution in [1.82, 2.24) is 14.8 Å². The third-order valence-corrected chi connectivity index (χ3v) is 4.49. The van der Waals surface area contributed by atoms with Gasteiger partial charge in [0.2, 0.25) is 5.91 Å². The van der Waals surface area contributed by atoms with Crippen molar-refractivity contribution in [1.29, 1.82) is 0 Å². The molecule has 8 heteroatoms. The molecule has 24 heavy (non-hydrogen) atoms. The van der Waals surface area contributed by atoms with Gasteiger partial charge >= 0.3 is 0 Å². The summed E-state index contributed by atoms with van der Waals surface area (Å²) in [6, 6.07) is 7.50. The molecule has 2 aromatic rings. The van der Waals surface area contributed by atoms with Crippen LogP contribution in [0.1, 0.15) is 19.8 Å². The predicted molar refractivity (Wildman–Crippen MR) is 96.1 cm³/mol. The second-order valence-electron chi connectivity index (χ2n) is 5.08. The number of carbonyl (C=O) groups is 1. The van der Waals surface area contributed by atoms with Gasteiger partial charge in [-0.1, -0.05) is 23.4 Å². The average molecular weight is 369 g/mol. The summed E-state index contributed by atoms with van der Waals surface area (Å²) in [5.41, 5.74) is 6.14. The highest BCUT2D eigenvalue weighted by Crippen LogP contribution is 2.25. The van der Waals surface area contributed by atoms with Gasteiger partial charge in [-0.2, -0.15) is 0 Å². The zero-order valence-electron chi connectivity index (χ0n) is 13.6. The highest BCUT2D eigenvalue weighted by molar-refractivity contribution is 7.99. The first-order chi connectivity index (χ1) is 11.6. The van der Waals surface area contributed by atoms with Crippen LogP contribution in [0.4, 0.5) is 0 Å². The van der Waals surface area contributed by atoms with Gasteiger partial charge in [-0.05, 0) is 37.6 Å². The van der Waals surface area contributed by atoms with E-state index in [1.165, 1.54) is 11.8 Å². The van der Waals surface area contributed by atoms with E-state index in [2.05, 4.69) is 10.2 Å². The maximum absolute atomic E-state index is 10.9. The lowest BCUT2D eigenvalue weighted by Crippen LogP contribution is -2.11. The molecule has 0 aliphatic heterocycles. The standard InChI is InChI=1S/C16H21ClN4O2S/c1-2-23-10-3-9-21-15(12-4-6-13(17)7-5-12)19-20-16(21)24-11-8-14(18)22/h4-7H,2-3,8-11H2,1H3,(H2,18,22). The topological polar surface area (TPSA) is 83.0 Å². The monoisotopic (exact) mass is 368 g/mol. The zero-order chi connectivity index (χ0) is 17.4. The van der Waals surface area contributed by atoms with Gasteiger partial charge < -0.3 is 15.0 Å². The van der Waals surface area contributed by atoms with Crippen LogP contribution in [0.15, 0.2) is 29.4 Å². The summed E-state index contributed by atoms with van der Waals surface area (Å²) in [6.45, 7) is 4.10. The maximum atomic E-state index is 10.9. The fraction of sp³-hybridized carbons (Fsp3) is 0.438. The van der Waals surface area contributed by atoms with Crippen molar-refractivity contribution < 1.29 is 9.53 Å². The van der Waals surface area contributed by atoms with Crippen LogP contribution in [-0.2, 0) is 16.1 Å². The lowest BCUT2D eigenvalue weighted by atomic mass is 10.2. The minimum absolute atomic E-state index is 0.312. The van der Waals surface area contributed by atoms with Crippen LogP contribution in [0.2, 0.25) is 5.02 Å². The third-order valence-electron chi connectivity index (χ3n) is 3.27. The predicted octanol–water partition coefficient (Wildman–Crippen LogP) is 2.99. The number of aromatic nitrogens is 3. The van der Waals surface area contributed by atoms with E-state index in [4.69, 9.17) is 22.1 Å². The van der Waals surface area contributed by atoms with Gasteiger partial charge in [-0.15, -0.1) is 10.2 Å². The molecule has 0 saturated carbocycles. The first-order valence-corrected chi connectivity index (χ1v) is 9.16. The van der Waals surface area contributed by atoms with Gasteiger partial charge in [0.15, 0.2) is 11.0 Å². The molecule has 1 amide bonds. The lowest BCUT2D eigenvalue weighted by Gasteiger charge is -2.10. The number of rotatable bonds is 10. The summed E-state index contributed by atoms with van der Waals surface area (Å²) in [5, 5.41) is 10.0. The number of amides is 1. The van der Waals surface area contributed by atoms with Crippen molar-refractivity contribution >= 4 is 29.3 Å². The summed E-state index contributed by atoms with van der Waals surface area (Å²) in [4.78, 5) is 10.9. The number of halogens is 1. The van der Waals surface area contributed by atoms with E-state index in [-0.39, 0.29) is 5.91 Å². The molecule has 0 saturated heterocycles. The Bertz CT molecular complexity index is 661. The molecule has 0 aliphatic carbocycles. The first-order valence-electron chi connectivity index (χ1n) is 7.79. The average Bonchev–Trinajstić information content (AvgIpc) is 2.95. The van der Waals surface area contributed by atoms with Crippen molar-refractivity contribution in [3.8, 4) is 11.4 Å². The van der Waals surface area contributed by atoms with Crippen LogP contribution < -0.4 is 5.73 Å². The van der Waals surface area contributed by atoms with Crippen molar-refractivity contribution in [3.05, 3.63) is 29.3 Å². The van der Waals surface area contributed by atoms with E-state index in [0.29, 0.717) is 30.4 Å². The number of primary amides is 1. The van der Waals surface area contributed by atoms with Crippen LogP contribution >= 0.6 is 23.4 Å². The molecule has 0 atom stereocenters. The Hall–Kier alpha value is -1.57. The Labute approximate surface area is 150 Å². The largest absolute Gasteiger partial charge is 0.382 e. The Morgan fingerprint density at radius 1 is 1.33 bits per heavy atom. The molecule has 1 heterocycles. The first kappa shape index (κ1) is 18.8. The number of benzene rings is 1. The summed E-state index contributed by atoms with van der Waals surface area (Å²) >= 11 is 7.43. The van der Waals surface area contributed by atoms with E-state index in [1.807, 2.05) is 35.8 Å². The summed E-state index contributed by atoms with van der Waals surface area (Å²) in [5.74, 6) is 1.05.